The summed E-state index contributed by atoms with van der Waals surface area (Å²) in [7, 11) is 0. The maximum atomic E-state index is 14.1. The summed E-state index contributed by atoms with van der Waals surface area (Å²) in [6.45, 7) is 7.34. The summed E-state index contributed by atoms with van der Waals surface area (Å²) in [5.41, 5.74) is 0.263. The van der Waals surface area contributed by atoms with Crippen LogP contribution in [-0.4, -0.2) is 31.1 Å². The Morgan fingerprint density at radius 1 is 1.05 bits per heavy atom. The molecule has 7 heteroatoms. The molecule has 1 fully saturated rings. The van der Waals surface area contributed by atoms with E-state index in [-0.39, 0.29) is 36.4 Å². The second-order valence-corrected chi connectivity index (χ2v) is 5.70. The highest BCUT2D eigenvalue weighted by molar-refractivity contribution is 5.85. The Bertz CT molecular complexity index is 466. The third-order valence-electron chi connectivity index (χ3n) is 3.71. The molecule has 0 saturated carbocycles. The maximum Gasteiger partial charge on any atom is 0.194 e. The van der Waals surface area contributed by atoms with E-state index < -0.39 is 17.5 Å². The van der Waals surface area contributed by atoms with Crippen LogP contribution in [0, 0.1) is 23.4 Å². The molecule has 1 aliphatic heterocycles. The number of hydrogen-bond donors (Lipinski definition) is 1. The van der Waals surface area contributed by atoms with Crippen molar-refractivity contribution in [1.29, 1.82) is 0 Å². The third kappa shape index (κ3) is 5.01. The van der Waals surface area contributed by atoms with E-state index in [0.29, 0.717) is 5.92 Å². The lowest BCUT2D eigenvalue weighted by molar-refractivity contribution is 0.150. The minimum absolute atomic E-state index is 0. The average Bonchev–Trinajstić information content (AvgIpc) is 2.44. The summed E-state index contributed by atoms with van der Waals surface area (Å²) in [6, 6.07) is 2.19. The van der Waals surface area contributed by atoms with Gasteiger partial charge in [0, 0.05) is 37.8 Å². The molecule has 22 heavy (non-hydrogen) atoms. The average molecular weight is 359 g/mol. The largest absolute Gasteiger partial charge is 0.314 e. The first-order valence-electron chi connectivity index (χ1n) is 7.09. The van der Waals surface area contributed by atoms with E-state index in [9.17, 15) is 13.2 Å². The van der Waals surface area contributed by atoms with E-state index in [2.05, 4.69) is 10.2 Å². The van der Waals surface area contributed by atoms with Crippen LogP contribution >= 0.6 is 24.8 Å². The minimum Gasteiger partial charge on any atom is -0.314 e. The molecule has 0 aromatic heterocycles. The van der Waals surface area contributed by atoms with Gasteiger partial charge in [-0.2, -0.15) is 0 Å². The first kappa shape index (κ1) is 21.5. The predicted octanol–water partition coefficient (Wildman–Crippen LogP) is 3.94. The maximum absolute atomic E-state index is 14.1. The van der Waals surface area contributed by atoms with Gasteiger partial charge in [-0.25, -0.2) is 13.2 Å². The number of rotatable bonds is 4. The summed E-state index contributed by atoms with van der Waals surface area (Å²) < 4.78 is 40.6. The zero-order chi connectivity index (χ0) is 14.7. The van der Waals surface area contributed by atoms with Crippen LogP contribution in [0.2, 0.25) is 0 Å². The number of benzene rings is 1. The van der Waals surface area contributed by atoms with Crippen LogP contribution in [0.1, 0.15) is 31.9 Å². The fraction of sp³-hybridized carbons (Fsp3) is 0.600. The fourth-order valence-electron chi connectivity index (χ4n) is 2.71. The van der Waals surface area contributed by atoms with E-state index >= 15 is 0 Å². The summed E-state index contributed by atoms with van der Waals surface area (Å²) in [5, 5.41) is 3.24. The zero-order valence-electron chi connectivity index (χ0n) is 12.7. The topological polar surface area (TPSA) is 15.3 Å². The predicted molar refractivity (Wildman–Crippen MR) is 87.5 cm³/mol. The Hall–Kier alpha value is -0.490. The smallest absolute Gasteiger partial charge is 0.194 e. The van der Waals surface area contributed by atoms with Crippen molar-refractivity contribution >= 4 is 24.8 Å². The molecule has 0 spiro atoms. The molecule has 0 aliphatic carbocycles. The molecular weight excluding hydrogens is 336 g/mol. The number of nitrogens with zero attached hydrogens (tertiary/aromatic N) is 1. The van der Waals surface area contributed by atoms with E-state index in [0.717, 1.165) is 38.7 Å². The summed E-state index contributed by atoms with van der Waals surface area (Å²) >= 11 is 0. The minimum atomic E-state index is -1.37. The molecule has 1 atom stereocenters. The lowest BCUT2D eigenvalue weighted by atomic mass is 9.94. The highest BCUT2D eigenvalue weighted by Crippen LogP contribution is 2.31. The van der Waals surface area contributed by atoms with E-state index in [1.54, 1.807) is 0 Å². The number of piperazine rings is 1. The van der Waals surface area contributed by atoms with Gasteiger partial charge in [0.2, 0.25) is 0 Å². The highest BCUT2D eigenvalue weighted by Gasteiger charge is 2.27. The van der Waals surface area contributed by atoms with Crippen LogP contribution in [0.4, 0.5) is 13.2 Å². The van der Waals surface area contributed by atoms with Crippen molar-refractivity contribution in [2.45, 2.75) is 26.3 Å². The molecule has 1 aromatic rings. The van der Waals surface area contributed by atoms with Gasteiger partial charge in [-0.05, 0) is 18.4 Å². The Kier molecular flexibility index (Phi) is 9.39. The van der Waals surface area contributed by atoms with E-state index in [4.69, 9.17) is 0 Å². The van der Waals surface area contributed by atoms with Gasteiger partial charge in [-0.1, -0.05) is 19.9 Å². The molecule has 2 rings (SSSR count). The number of nitrogens with one attached hydrogen (secondary N) is 1. The van der Waals surface area contributed by atoms with Crippen LogP contribution < -0.4 is 5.32 Å². The first-order valence-corrected chi connectivity index (χ1v) is 7.09. The van der Waals surface area contributed by atoms with Crippen LogP contribution in [0.15, 0.2) is 12.1 Å². The van der Waals surface area contributed by atoms with Gasteiger partial charge in [0.15, 0.2) is 17.5 Å². The second kappa shape index (κ2) is 9.60. The lowest BCUT2D eigenvalue weighted by Crippen LogP contribution is -2.45. The van der Waals surface area contributed by atoms with Crippen LogP contribution in [0.5, 0.6) is 0 Å². The molecule has 1 N–H and O–H groups in total. The number of hydrogen-bond acceptors (Lipinski definition) is 2. The molecular formula is C15H23Cl2F3N2. The molecule has 1 aromatic carbocycles. The molecule has 1 aliphatic rings. The van der Waals surface area contributed by atoms with Crippen molar-refractivity contribution in [1.82, 2.24) is 10.2 Å². The monoisotopic (exact) mass is 358 g/mol. The van der Waals surface area contributed by atoms with Gasteiger partial charge in [0.25, 0.3) is 0 Å². The van der Waals surface area contributed by atoms with Crippen molar-refractivity contribution in [2.24, 2.45) is 5.92 Å². The lowest BCUT2D eigenvalue weighted by Gasteiger charge is -2.36. The molecule has 0 amide bonds. The fourth-order valence-corrected chi connectivity index (χ4v) is 2.71. The van der Waals surface area contributed by atoms with Gasteiger partial charge in [-0.15, -0.1) is 24.8 Å². The first-order chi connectivity index (χ1) is 9.50. The van der Waals surface area contributed by atoms with Gasteiger partial charge in [0.1, 0.15) is 0 Å². The highest BCUT2D eigenvalue weighted by atomic mass is 35.5. The van der Waals surface area contributed by atoms with Crippen LogP contribution in [0.25, 0.3) is 0 Å². The van der Waals surface area contributed by atoms with Gasteiger partial charge in [-0.3, -0.25) is 4.90 Å². The van der Waals surface area contributed by atoms with Crippen molar-refractivity contribution in [2.75, 3.05) is 26.2 Å². The van der Waals surface area contributed by atoms with Crippen LogP contribution in [0.3, 0.4) is 0 Å². The quantitative estimate of drug-likeness (QED) is 0.820. The SMILES string of the molecule is CC(C)C[C@H](c1ccc(F)c(F)c1F)N1CCNCC1.Cl.Cl. The van der Waals surface area contributed by atoms with Crippen molar-refractivity contribution < 1.29 is 13.2 Å². The van der Waals surface area contributed by atoms with Crippen molar-refractivity contribution in [3.05, 3.63) is 35.1 Å². The summed E-state index contributed by atoms with van der Waals surface area (Å²) in [6.07, 6.45) is 0.724. The third-order valence-corrected chi connectivity index (χ3v) is 3.71. The Labute approximate surface area is 142 Å². The molecule has 1 heterocycles. The Balaban J connectivity index is 0.00000220. The molecule has 128 valence electrons. The van der Waals surface area contributed by atoms with E-state index in [1.807, 2.05) is 13.8 Å². The van der Waals surface area contributed by atoms with Crippen LogP contribution in [-0.2, 0) is 0 Å². The molecule has 0 radical (unpaired) electrons. The van der Waals surface area contributed by atoms with Gasteiger partial charge in [0.05, 0.1) is 0 Å². The second-order valence-electron chi connectivity index (χ2n) is 5.70. The van der Waals surface area contributed by atoms with Crippen molar-refractivity contribution in [3.63, 3.8) is 0 Å². The zero-order valence-corrected chi connectivity index (χ0v) is 14.4. The normalized spacial score (nSPS) is 16.8. The Morgan fingerprint density at radius 2 is 1.64 bits per heavy atom. The standard InChI is InChI=1S/C15H21F3N2.2ClH/c1-10(2)9-13(20-7-5-19-6-8-20)11-3-4-12(16)15(18)14(11)17;;/h3-4,10,13,19H,5-9H2,1-2H3;2*1H/t13-;;/m1../s1. The molecule has 0 unspecified atom stereocenters. The van der Waals surface area contributed by atoms with Gasteiger partial charge >= 0.3 is 0 Å². The summed E-state index contributed by atoms with van der Waals surface area (Å²) in [5.74, 6) is -3.20. The van der Waals surface area contributed by atoms with Crippen molar-refractivity contribution in [3.8, 4) is 0 Å². The molecule has 1 saturated heterocycles. The number of halogens is 5. The van der Waals surface area contributed by atoms with Gasteiger partial charge < -0.3 is 5.32 Å². The molecule has 2 nitrogen and oxygen atoms in total. The Morgan fingerprint density at radius 3 is 2.18 bits per heavy atom. The molecule has 0 bridgehead atoms. The summed E-state index contributed by atoms with van der Waals surface area (Å²) in [4.78, 5) is 2.15. The van der Waals surface area contributed by atoms with E-state index in [1.165, 1.54) is 6.07 Å².